The zero-order chi connectivity index (χ0) is 27.8. The van der Waals surface area contributed by atoms with E-state index in [-0.39, 0.29) is 27.8 Å². The summed E-state index contributed by atoms with van der Waals surface area (Å²) in [5.41, 5.74) is 2.94. The molecule has 11 heteroatoms. The number of likely N-dealkylation sites (tertiary alicyclic amines) is 1. The van der Waals surface area contributed by atoms with Crippen LogP contribution in [-0.2, 0) is 23.6 Å². The van der Waals surface area contributed by atoms with Crippen molar-refractivity contribution in [3.05, 3.63) is 64.3 Å². The van der Waals surface area contributed by atoms with Crippen LogP contribution in [0.3, 0.4) is 0 Å². The minimum atomic E-state index is -4.55. The van der Waals surface area contributed by atoms with E-state index in [0.29, 0.717) is 6.04 Å². The summed E-state index contributed by atoms with van der Waals surface area (Å²) >= 11 is 6.33. The Morgan fingerprint density at radius 2 is 1.72 bits per heavy atom. The summed E-state index contributed by atoms with van der Waals surface area (Å²) in [7, 11) is -3.07. The Hall–Kier alpha value is -2.61. The molecule has 2 aromatic carbocycles. The van der Waals surface area contributed by atoms with Gasteiger partial charge in [-0.25, -0.2) is 4.98 Å². The van der Waals surface area contributed by atoms with Gasteiger partial charge < -0.3 is 20.1 Å². The van der Waals surface area contributed by atoms with Gasteiger partial charge in [0.25, 0.3) is 0 Å². The Morgan fingerprint density at radius 3 is 2.41 bits per heavy atom. The molecule has 0 saturated carbocycles. The van der Waals surface area contributed by atoms with Crippen molar-refractivity contribution >= 4 is 47.2 Å². The topological polar surface area (TPSA) is 70.2 Å². The summed E-state index contributed by atoms with van der Waals surface area (Å²) in [4.78, 5) is 11.4. The third kappa shape index (κ3) is 6.59. The molecule has 6 nitrogen and oxygen atoms in total. The van der Waals surface area contributed by atoms with Gasteiger partial charge in [0.1, 0.15) is 12.2 Å². The van der Waals surface area contributed by atoms with Crippen molar-refractivity contribution in [3.63, 3.8) is 0 Å². The SMILES string of the molecule is CP(C)(=O)c1cc(C(F)(F)F)ccc1Nc1nc(Nc2ccc3c(c2)CC[C@@H](N2CCCC2)CC3)ncc1Cl. The van der Waals surface area contributed by atoms with E-state index in [0.717, 1.165) is 37.1 Å². The molecule has 2 heterocycles. The summed E-state index contributed by atoms with van der Waals surface area (Å²) in [6.45, 7) is 5.27. The van der Waals surface area contributed by atoms with E-state index >= 15 is 0 Å². The largest absolute Gasteiger partial charge is 0.416 e. The number of halogens is 4. The summed E-state index contributed by atoms with van der Waals surface area (Å²) in [5, 5.41) is 6.46. The van der Waals surface area contributed by atoms with Crippen molar-refractivity contribution in [1.29, 1.82) is 0 Å². The highest BCUT2D eigenvalue weighted by Crippen LogP contribution is 2.41. The van der Waals surface area contributed by atoms with Crippen LogP contribution in [0.25, 0.3) is 0 Å². The van der Waals surface area contributed by atoms with Gasteiger partial charge in [-0.05, 0) is 106 Å². The number of benzene rings is 2. The summed E-state index contributed by atoms with van der Waals surface area (Å²) < 4.78 is 52.7. The Balaban J connectivity index is 1.35. The van der Waals surface area contributed by atoms with Crippen LogP contribution in [0.4, 0.5) is 36.3 Å². The molecule has 0 spiro atoms. The summed E-state index contributed by atoms with van der Waals surface area (Å²) in [5.74, 6) is 0.488. The Bertz CT molecular complexity index is 1400. The van der Waals surface area contributed by atoms with E-state index in [1.165, 1.54) is 69.1 Å². The minimum absolute atomic E-state index is 0.0690. The predicted molar refractivity (Wildman–Crippen MR) is 152 cm³/mol. The second-order valence-electron chi connectivity index (χ2n) is 10.7. The lowest BCUT2D eigenvalue weighted by atomic mass is 10.0. The molecule has 0 radical (unpaired) electrons. The maximum absolute atomic E-state index is 13.3. The molecule has 1 aliphatic carbocycles. The van der Waals surface area contributed by atoms with Crippen molar-refractivity contribution < 1.29 is 17.7 Å². The maximum atomic E-state index is 13.3. The molecule has 39 heavy (non-hydrogen) atoms. The molecule has 1 aliphatic heterocycles. The lowest BCUT2D eigenvalue weighted by Gasteiger charge is -2.25. The van der Waals surface area contributed by atoms with Crippen LogP contribution in [-0.4, -0.2) is 47.3 Å². The first-order valence-electron chi connectivity index (χ1n) is 13.2. The number of rotatable bonds is 6. The van der Waals surface area contributed by atoms with E-state index in [2.05, 4.69) is 37.6 Å². The molecule has 0 amide bonds. The van der Waals surface area contributed by atoms with Crippen LogP contribution < -0.4 is 15.9 Å². The fourth-order valence-corrected chi connectivity index (χ4v) is 6.77. The van der Waals surface area contributed by atoms with E-state index in [4.69, 9.17) is 11.6 Å². The van der Waals surface area contributed by atoms with Gasteiger partial charge in [-0.3, -0.25) is 0 Å². The predicted octanol–water partition coefficient (Wildman–Crippen LogP) is 7.23. The highest BCUT2D eigenvalue weighted by Gasteiger charge is 2.32. The average molecular weight is 578 g/mol. The van der Waals surface area contributed by atoms with E-state index in [9.17, 15) is 17.7 Å². The number of hydrogen-bond acceptors (Lipinski definition) is 6. The summed E-state index contributed by atoms with van der Waals surface area (Å²) in [6.07, 6.45) is 3.89. The first-order valence-corrected chi connectivity index (χ1v) is 16.1. The minimum Gasteiger partial charge on any atom is -0.338 e. The number of hydrogen-bond donors (Lipinski definition) is 2. The van der Waals surface area contributed by atoms with Crippen LogP contribution in [0.15, 0.2) is 42.6 Å². The first-order chi connectivity index (χ1) is 18.5. The van der Waals surface area contributed by atoms with E-state index in [1.807, 2.05) is 6.07 Å². The average Bonchev–Trinajstić information content (AvgIpc) is 3.32. The van der Waals surface area contributed by atoms with Gasteiger partial charge in [0, 0.05) is 17.0 Å². The smallest absolute Gasteiger partial charge is 0.338 e. The van der Waals surface area contributed by atoms with Crippen LogP contribution >= 0.6 is 18.7 Å². The lowest BCUT2D eigenvalue weighted by molar-refractivity contribution is -0.137. The number of nitrogens with zero attached hydrogens (tertiary/aromatic N) is 3. The van der Waals surface area contributed by atoms with Gasteiger partial charge in [-0.2, -0.15) is 18.2 Å². The number of aromatic nitrogens is 2. The molecule has 1 saturated heterocycles. The Morgan fingerprint density at radius 1 is 1.00 bits per heavy atom. The molecule has 1 atom stereocenters. The molecule has 1 fully saturated rings. The molecular formula is C28H32ClF3N5OP. The monoisotopic (exact) mass is 577 g/mol. The molecule has 1 aromatic heterocycles. The van der Waals surface area contributed by atoms with Gasteiger partial charge in [0.05, 0.1) is 17.4 Å². The van der Waals surface area contributed by atoms with Crippen LogP contribution in [0.5, 0.6) is 0 Å². The zero-order valence-corrected chi connectivity index (χ0v) is 23.6. The van der Waals surface area contributed by atoms with Crippen molar-refractivity contribution in [2.45, 2.75) is 50.7 Å². The van der Waals surface area contributed by atoms with E-state index in [1.54, 1.807) is 0 Å². The standard InChI is InChI=1S/C28H32ClF3N5OP/c1-39(2,38)25-16-20(28(30,31)32)8-12-24(25)35-26-23(29)17-33-27(36-26)34-21-9-5-18-6-10-22(11-7-19(18)15-21)37-13-3-4-14-37/h5,8-9,12,15-17,22H,3-4,6-7,10-11,13-14H2,1-2H3,(H2,33,34,35,36)/t22-/m0/s1. The fourth-order valence-electron chi connectivity index (χ4n) is 5.47. The van der Waals surface area contributed by atoms with Crippen LogP contribution in [0.1, 0.15) is 42.4 Å². The molecule has 2 aliphatic rings. The number of fused-ring (bicyclic) bond motifs is 1. The molecule has 0 unspecified atom stereocenters. The van der Waals surface area contributed by atoms with Crippen molar-refractivity contribution in [2.75, 3.05) is 37.1 Å². The number of anilines is 4. The second kappa shape index (κ2) is 11.1. The van der Waals surface area contributed by atoms with Gasteiger partial charge in [-0.15, -0.1) is 0 Å². The lowest BCUT2D eigenvalue weighted by Crippen LogP contribution is -2.32. The van der Waals surface area contributed by atoms with Gasteiger partial charge in [-0.1, -0.05) is 17.7 Å². The number of aryl methyl sites for hydroxylation is 2. The molecular weight excluding hydrogens is 546 g/mol. The molecule has 2 N–H and O–H groups in total. The molecule has 0 bridgehead atoms. The molecule has 5 rings (SSSR count). The zero-order valence-electron chi connectivity index (χ0n) is 22.0. The maximum Gasteiger partial charge on any atom is 0.416 e. The third-order valence-corrected chi connectivity index (χ3v) is 9.32. The van der Waals surface area contributed by atoms with Crippen LogP contribution in [0.2, 0.25) is 5.02 Å². The van der Waals surface area contributed by atoms with Crippen molar-refractivity contribution in [3.8, 4) is 0 Å². The third-order valence-electron chi connectivity index (χ3n) is 7.52. The van der Waals surface area contributed by atoms with Gasteiger partial charge in [0.15, 0.2) is 5.82 Å². The van der Waals surface area contributed by atoms with Gasteiger partial charge >= 0.3 is 6.18 Å². The normalized spacial score (nSPS) is 18.5. The molecule has 208 valence electrons. The Kier molecular flexibility index (Phi) is 7.96. The van der Waals surface area contributed by atoms with Crippen LogP contribution in [0, 0.1) is 0 Å². The number of alkyl halides is 3. The van der Waals surface area contributed by atoms with Gasteiger partial charge in [0.2, 0.25) is 5.95 Å². The van der Waals surface area contributed by atoms with Crippen molar-refractivity contribution in [2.24, 2.45) is 0 Å². The number of nitrogens with one attached hydrogen (secondary N) is 2. The second-order valence-corrected chi connectivity index (χ2v) is 14.3. The van der Waals surface area contributed by atoms with E-state index < -0.39 is 18.9 Å². The fraction of sp³-hybridized carbons (Fsp3) is 0.429. The summed E-state index contributed by atoms with van der Waals surface area (Å²) in [6, 6.07) is 10.1. The quantitative estimate of drug-likeness (QED) is 0.238. The highest BCUT2D eigenvalue weighted by atomic mass is 35.5. The Labute approximate surface area is 231 Å². The first kappa shape index (κ1) is 27.9. The molecule has 3 aromatic rings. The highest BCUT2D eigenvalue weighted by molar-refractivity contribution is 7.70. The van der Waals surface area contributed by atoms with Crippen molar-refractivity contribution in [1.82, 2.24) is 14.9 Å².